The van der Waals surface area contributed by atoms with Crippen molar-refractivity contribution in [2.75, 3.05) is 16.0 Å². The molecule has 2 amide bonds. The molecule has 2 aromatic rings. The van der Waals surface area contributed by atoms with Gasteiger partial charge in [-0.2, -0.15) is 0 Å². The molecule has 2 aliphatic rings. The van der Waals surface area contributed by atoms with E-state index in [-0.39, 0.29) is 23.1 Å². The monoisotopic (exact) mass is 422 g/mol. The Morgan fingerprint density at radius 1 is 1.07 bits per heavy atom. The maximum Gasteiger partial charge on any atom is 0.238 e. The van der Waals surface area contributed by atoms with Crippen molar-refractivity contribution in [3.63, 3.8) is 0 Å². The molecule has 1 saturated carbocycles. The molecule has 1 N–H and O–H groups in total. The minimum absolute atomic E-state index is 0.0291. The Hall–Kier alpha value is -2.27. The van der Waals surface area contributed by atoms with Crippen LogP contribution in [-0.4, -0.2) is 17.6 Å². The lowest BCUT2D eigenvalue weighted by molar-refractivity contribution is -0.120. The molecule has 4 nitrogen and oxygen atoms in total. The molecular weight excluding hydrogens is 392 g/mol. The van der Waals surface area contributed by atoms with Crippen molar-refractivity contribution in [1.29, 1.82) is 0 Å². The number of thioether (sulfide) groups is 1. The van der Waals surface area contributed by atoms with Gasteiger partial charge in [0.1, 0.15) is 5.37 Å². The van der Waals surface area contributed by atoms with Crippen LogP contribution in [0, 0.1) is 5.92 Å². The number of nitrogens with zero attached hydrogens (tertiary/aromatic N) is 1. The van der Waals surface area contributed by atoms with Gasteiger partial charge in [0.2, 0.25) is 11.8 Å². The standard InChI is InChI=1S/C25H30N2O2S/c1-2-8-18-9-6-7-12-22(18)27-23(28)17-30-25(27)20-13-15-21(16-14-20)26-24(29)19-10-4-3-5-11-19/h6-7,9,12-16,19,25H,2-5,8,10-11,17H2,1H3,(H,26,29)/t25-/m1/s1. The average Bonchev–Trinajstić information content (AvgIpc) is 3.17. The summed E-state index contributed by atoms with van der Waals surface area (Å²) >= 11 is 1.66. The molecule has 4 rings (SSSR count). The third kappa shape index (κ3) is 4.56. The van der Waals surface area contributed by atoms with Crippen LogP contribution in [0.25, 0.3) is 0 Å². The highest BCUT2D eigenvalue weighted by Crippen LogP contribution is 2.43. The number of rotatable bonds is 6. The van der Waals surface area contributed by atoms with Gasteiger partial charge < -0.3 is 5.32 Å². The third-order valence-electron chi connectivity index (χ3n) is 6.08. The van der Waals surface area contributed by atoms with Crippen molar-refractivity contribution < 1.29 is 9.59 Å². The van der Waals surface area contributed by atoms with Crippen LogP contribution in [0.5, 0.6) is 0 Å². The number of carbonyl (C=O) groups excluding carboxylic acids is 2. The zero-order chi connectivity index (χ0) is 20.9. The van der Waals surface area contributed by atoms with Crippen molar-refractivity contribution in [3.05, 3.63) is 59.7 Å². The van der Waals surface area contributed by atoms with Crippen LogP contribution < -0.4 is 10.2 Å². The fourth-order valence-corrected chi connectivity index (χ4v) is 5.67. The van der Waals surface area contributed by atoms with Crippen LogP contribution in [0.4, 0.5) is 11.4 Å². The molecule has 0 unspecified atom stereocenters. The first-order valence-electron chi connectivity index (χ1n) is 11.1. The smallest absolute Gasteiger partial charge is 0.238 e. The van der Waals surface area contributed by atoms with Crippen molar-refractivity contribution >= 4 is 35.0 Å². The summed E-state index contributed by atoms with van der Waals surface area (Å²) in [4.78, 5) is 27.2. The molecule has 0 bridgehead atoms. The van der Waals surface area contributed by atoms with Crippen LogP contribution in [0.2, 0.25) is 0 Å². The molecule has 30 heavy (non-hydrogen) atoms. The molecule has 2 fully saturated rings. The van der Waals surface area contributed by atoms with Crippen molar-refractivity contribution in [2.45, 2.75) is 57.2 Å². The lowest BCUT2D eigenvalue weighted by Gasteiger charge is -2.27. The van der Waals surface area contributed by atoms with E-state index in [2.05, 4.69) is 24.4 Å². The number of amides is 2. The summed E-state index contributed by atoms with van der Waals surface area (Å²) in [5.74, 6) is 0.934. The Kier molecular flexibility index (Phi) is 6.78. The molecule has 0 radical (unpaired) electrons. The van der Waals surface area contributed by atoms with Crippen LogP contribution in [0.15, 0.2) is 48.5 Å². The van der Waals surface area contributed by atoms with E-state index in [1.165, 1.54) is 12.0 Å². The maximum atomic E-state index is 12.8. The molecule has 0 aromatic heterocycles. The van der Waals surface area contributed by atoms with Gasteiger partial charge in [0.05, 0.1) is 5.75 Å². The lowest BCUT2D eigenvalue weighted by Crippen LogP contribution is -2.28. The largest absolute Gasteiger partial charge is 0.326 e. The van der Waals surface area contributed by atoms with E-state index in [1.807, 2.05) is 41.3 Å². The molecule has 1 aliphatic heterocycles. The van der Waals surface area contributed by atoms with Gasteiger partial charge in [-0.05, 0) is 48.6 Å². The summed E-state index contributed by atoms with van der Waals surface area (Å²) in [6, 6.07) is 16.2. The molecule has 1 heterocycles. The molecule has 1 atom stereocenters. The molecular formula is C25H30N2O2S. The Balaban J connectivity index is 1.50. The number of anilines is 2. The number of hydrogen-bond acceptors (Lipinski definition) is 3. The highest BCUT2D eigenvalue weighted by molar-refractivity contribution is 8.00. The number of hydrogen-bond donors (Lipinski definition) is 1. The molecule has 158 valence electrons. The summed E-state index contributed by atoms with van der Waals surface area (Å²) in [7, 11) is 0. The quantitative estimate of drug-likeness (QED) is 0.627. The summed E-state index contributed by atoms with van der Waals surface area (Å²) in [5.41, 5.74) is 4.17. The van der Waals surface area contributed by atoms with Gasteiger partial charge in [-0.25, -0.2) is 0 Å². The lowest BCUT2D eigenvalue weighted by atomic mass is 9.88. The SMILES string of the molecule is CCCc1ccccc1N1C(=O)CS[C@@H]1c1ccc(NC(=O)C2CCCCC2)cc1. The summed E-state index contributed by atoms with van der Waals surface area (Å²) < 4.78 is 0. The van der Waals surface area contributed by atoms with E-state index in [1.54, 1.807) is 11.8 Å². The zero-order valence-corrected chi connectivity index (χ0v) is 18.4. The topological polar surface area (TPSA) is 49.4 Å². The molecule has 1 aliphatic carbocycles. The number of aryl methyl sites for hydroxylation is 1. The van der Waals surface area contributed by atoms with Gasteiger partial charge in [-0.15, -0.1) is 11.8 Å². The van der Waals surface area contributed by atoms with Crippen LogP contribution >= 0.6 is 11.8 Å². The normalized spacial score (nSPS) is 19.8. The summed E-state index contributed by atoms with van der Waals surface area (Å²) in [6.07, 6.45) is 7.55. The number of benzene rings is 2. The van der Waals surface area contributed by atoms with Gasteiger partial charge in [0.15, 0.2) is 0 Å². The van der Waals surface area contributed by atoms with Gasteiger partial charge in [0.25, 0.3) is 0 Å². The number of carbonyl (C=O) groups is 2. The fraction of sp³-hybridized carbons (Fsp3) is 0.440. The minimum atomic E-state index is -0.0291. The van der Waals surface area contributed by atoms with E-state index < -0.39 is 0 Å². The predicted octanol–water partition coefficient (Wildman–Crippen LogP) is 5.94. The Morgan fingerprint density at radius 2 is 1.80 bits per heavy atom. The molecule has 1 saturated heterocycles. The van der Waals surface area contributed by atoms with E-state index in [9.17, 15) is 9.59 Å². The third-order valence-corrected chi connectivity index (χ3v) is 7.29. The Labute approximate surface area is 183 Å². The van der Waals surface area contributed by atoms with Gasteiger partial charge in [0, 0.05) is 17.3 Å². The Bertz CT molecular complexity index is 890. The van der Waals surface area contributed by atoms with Gasteiger partial charge in [-0.1, -0.05) is 62.9 Å². The predicted molar refractivity (Wildman–Crippen MR) is 125 cm³/mol. The van der Waals surface area contributed by atoms with E-state index in [0.717, 1.165) is 55.5 Å². The van der Waals surface area contributed by atoms with Crippen LogP contribution in [-0.2, 0) is 16.0 Å². The first-order valence-corrected chi connectivity index (χ1v) is 12.1. The van der Waals surface area contributed by atoms with E-state index >= 15 is 0 Å². The van der Waals surface area contributed by atoms with E-state index in [0.29, 0.717) is 5.75 Å². The molecule has 2 aromatic carbocycles. The van der Waals surface area contributed by atoms with Crippen LogP contribution in [0.1, 0.15) is 61.9 Å². The molecule has 0 spiro atoms. The second-order valence-electron chi connectivity index (χ2n) is 8.25. The zero-order valence-electron chi connectivity index (χ0n) is 17.6. The van der Waals surface area contributed by atoms with Crippen molar-refractivity contribution in [2.24, 2.45) is 5.92 Å². The first kappa shape index (κ1) is 21.0. The van der Waals surface area contributed by atoms with Crippen molar-refractivity contribution in [1.82, 2.24) is 0 Å². The second-order valence-corrected chi connectivity index (χ2v) is 9.32. The van der Waals surface area contributed by atoms with Crippen molar-refractivity contribution in [3.8, 4) is 0 Å². The van der Waals surface area contributed by atoms with Gasteiger partial charge >= 0.3 is 0 Å². The van der Waals surface area contributed by atoms with E-state index in [4.69, 9.17) is 0 Å². The summed E-state index contributed by atoms with van der Waals surface area (Å²) in [5, 5.41) is 3.05. The van der Waals surface area contributed by atoms with Crippen LogP contribution in [0.3, 0.4) is 0 Å². The maximum absolute atomic E-state index is 12.8. The fourth-order valence-electron chi connectivity index (χ4n) is 4.50. The second kappa shape index (κ2) is 9.69. The summed E-state index contributed by atoms with van der Waals surface area (Å²) in [6.45, 7) is 2.16. The number of para-hydroxylation sites is 1. The highest BCUT2D eigenvalue weighted by Gasteiger charge is 2.35. The Morgan fingerprint density at radius 3 is 2.53 bits per heavy atom. The number of nitrogens with one attached hydrogen (secondary N) is 1. The van der Waals surface area contributed by atoms with Gasteiger partial charge in [-0.3, -0.25) is 14.5 Å². The average molecular weight is 423 g/mol. The minimum Gasteiger partial charge on any atom is -0.326 e. The highest BCUT2D eigenvalue weighted by atomic mass is 32.2. The first-order chi connectivity index (χ1) is 14.7. The molecule has 5 heteroatoms.